The molecule has 1 N–H and O–H groups in total. The average molecular weight is 300 g/mol. The van der Waals surface area contributed by atoms with Crippen LogP contribution in [0.2, 0.25) is 0 Å². The molecule has 0 fully saturated rings. The van der Waals surface area contributed by atoms with Crippen LogP contribution in [-0.4, -0.2) is 56.6 Å². The second kappa shape index (κ2) is 6.25. The third-order valence-corrected chi connectivity index (χ3v) is 3.29. The number of carbonyl (C=O) groups is 2. The molecule has 1 amide bonds. The molecule has 112 valence electrons. The Morgan fingerprint density at radius 1 is 1.35 bits per heavy atom. The molecule has 0 aliphatic carbocycles. The van der Waals surface area contributed by atoms with Crippen LogP contribution < -0.4 is 0 Å². The number of rotatable bonds is 4. The quantitative estimate of drug-likeness (QED) is 0.851. The van der Waals surface area contributed by atoms with Gasteiger partial charge in [0, 0.05) is 25.3 Å². The summed E-state index contributed by atoms with van der Waals surface area (Å²) in [6, 6.07) is -0.300. The molecule has 0 saturated carbocycles. The number of nitrogens with zero attached hydrogens (tertiary/aromatic N) is 4. The first-order valence-corrected chi connectivity index (χ1v) is 7.15. The summed E-state index contributed by atoms with van der Waals surface area (Å²) >= 11 is 1.22. The Kier molecular flexibility index (Phi) is 5.15. The van der Waals surface area contributed by atoms with Crippen LogP contribution in [0.15, 0.2) is 5.16 Å². The van der Waals surface area contributed by atoms with Gasteiger partial charge in [-0.15, -0.1) is 5.10 Å². The molecule has 1 aromatic heterocycles. The summed E-state index contributed by atoms with van der Waals surface area (Å²) < 4.78 is 1.23. The molecule has 0 aliphatic rings. The summed E-state index contributed by atoms with van der Waals surface area (Å²) in [5, 5.41) is 13.3. The topological polar surface area (TPSA) is 88.3 Å². The standard InChI is InChI=1S/C12H20N4O3S/c1-12(2,3)9-13-10(20-7-6-8(17)18)16(14-9)11(19)15(4)5/h6-7H2,1-5H3,(H,17,18). The molecule has 0 aromatic carbocycles. The molecule has 7 nitrogen and oxygen atoms in total. The van der Waals surface area contributed by atoms with Gasteiger partial charge in [0.15, 0.2) is 11.0 Å². The lowest BCUT2D eigenvalue weighted by Gasteiger charge is -2.13. The smallest absolute Gasteiger partial charge is 0.346 e. The molecule has 1 heterocycles. The van der Waals surface area contributed by atoms with Crippen molar-refractivity contribution < 1.29 is 14.7 Å². The Bertz CT molecular complexity index is 505. The van der Waals surface area contributed by atoms with Crippen molar-refractivity contribution in [1.82, 2.24) is 19.7 Å². The van der Waals surface area contributed by atoms with Gasteiger partial charge in [0.2, 0.25) is 0 Å². The third-order valence-electron chi connectivity index (χ3n) is 2.36. The highest BCUT2D eigenvalue weighted by Crippen LogP contribution is 2.23. The van der Waals surface area contributed by atoms with Crippen LogP contribution in [0.1, 0.15) is 33.0 Å². The van der Waals surface area contributed by atoms with Crippen LogP contribution in [0, 0.1) is 0 Å². The van der Waals surface area contributed by atoms with Gasteiger partial charge in [-0.2, -0.15) is 4.68 Å². The van der Waals surface area contributed by atoms with Crippen LogP contribution in [0.4, 0.5) is 4.79 Å². The maximum absolute atomic E-state index is 12.1. The number of hydrogen-bond acceptors (Lipinski definition) is 5. The lowest BCUT2D eigenvalue weighted by molar-refractivity contribution is -0.136. The Morgan fingerprint density at radius 2 is 1.95 bits per heavy atom. The Labute approximate surface area is 122 Å². The van der Waals surface area contributed by atoms with Gasteiger partial charge in [0.25, 0.3) is 0 Å². The minimum Gasteiger partial charge on any atom is -0.481 e. The highest BCUT2D eigenvalue weighted by atomic mass is 32.2. The van der Waals surface area contributed by atoms with Crippen LogP contribution in [0.3, 0.4) is 0 Å². The van der Waals surface area contributed by atoms with Gasteiger partial charge in [0.1, 0.15) is 0 Å². The number of amides is 1. The highest BCUT2D eigenvalue weighted by Gasteiger charge is 2.25. The second-order valence-electron chi connectivity index (χ2n) is 5.55. The number of aliphatic carboxylic acids is 1. The number of carbonyl (C=O) groups excluding carboxylic acids is 1. The van der Waals surface area contributed by atoms with E-state index in [-0.39, 0.29) is 17.9 Å². The van der Waals surface area contributed by atoms with E-state index in [4.69, 9.17) is 5.11 Å². The van der Waals surface area contributed by atoms with Crippen molar-refractivity contribution in [3.05, 3.63) is 5.82 Å². The molecule has 1 rings (SSSR count). The van der Waals surface area contributed by atoms with E-state index in [0.29, 0.717) is 16.7 Å². The van der Waals surface area contributed by atoms with Gasteiger partial charge < -0.3 is 10.0 Å². The summed E-state index contributed by atoms with van der Waals surface area (Å²) in [6.07, 6.45) is 0.0124. The minimum atomic E-state index is -0.876. The van der Waals surface area contributed by atoms with Crippen LogP contribution in [-0.2, 0) is 10.2 Å². The number of aromatic nitrogens is 3. The van der Waals surface area contributed by atoms with Gasteiger partial charge in [0.05, 0.1) is 6.42 Å². The normalized spacial score (nSPS) is 11.4. The van der Waals surface area contributed by atoms with Crippen LogP contribution in [0.25, 0.3) is 0 Å². The zero-order chi connectivity index (χ0) is 15.5. The number of hydrogen-bond donors (Lipinski definition) is 1. The maximum Gasteiger partial charge on any atom is 0.346 e. The van der Waals surface area contributed by atoms with E-state index in [1.807, 2.05) is 20.8 Å². The zero-order valence-corrected chi connectivity index (χ0v) is 13.2. The molecular weight excluding hydrogens is 280 g/mol. The highest BCUT2D eigenvalue weighted by molar-refractivity contribution is 7.99. The van der Waals surface area contributed by atoms with Gasteiger partial charge in [-0.1, -0.05) is 32.5 Å². The summed E-state index contributed by atoms with van der Waals surface area (Å²) in [5.41, 5.74) is -0.278. The van der Waals surface area contributed by atoms with E-state index in [0.717, 1.165) is 0 Å². The summed E-state index contributed by atoms with van der Waals surface area (Å²) in [7, 11) is 3.26. The van der Waals surface area contributed by atoms with Crippen molar-refractivity contribution in [3.63, 3.8) is 0 Å². The van der Waals surface area contributed by atoms with Gasteiger partial charge in [-0.05, 0) is 0 Å². The fourth-order valence-electron chi connectivity index (χ4n) is 1.25. The molecule has 20 heavy (non-hydrogen) atoms. The molecule has 1 aromatic rings. The van der Waals surface area contributed by atoms with E-state index in [1.165, 1.54) is 21.3 Å². The van der Waals surface area contributed by atoms with E-state index in [1.54, 1.807) is 14.1 Å². The Hall–Kier alpha value is -1.57. The molecule has 0 radical (unpaired) electrons. The summed E-state index contributed by atoms with van der Waals surface area (Å²) in [6.45, 7) is 5.87. The van der Waals surface area contributed by atoms with Gasteiger partial charge in [-0.3, -0.25) is 4.79 Å². The van der Waals surface area contributed by atoms with Crippen molar-refractivity contribution in [3.8, 4) is 0 Å². The average Bonchev–Trinajstić information content (AvgIpc) is 2.71. The molecular formula is C12H20N4O3S. The molecule has 0 bridgehead atoms. The van der Waals surface area contributed by atoms with E-state index in [9.17, 15) is 9.59 Å². The summed E-state index contributed by atoms with van der Waals surface area (Å²) in [5.74, 6) is 0.0299. The van der Waals surface area contributed by atoms with Crippen molar-refractivity contribution in [1.29, 1.82) is 0 Å². The van der Waals surface area contributed by atoms with Gasteiger partial charge >= 0.3 is 12.0 Å². The monoisotopic (exact) mass is 300 g/mol. The van der Waals surface area contributed by atoms with Crippen LogP contribution in [0.5, 0.6) is 0 Å². The zero-order valence-electron chi connectivity index (χ0n) is 12.4. The first kappa shape index (κ1) is 16.5. The molecule has 0 unspecified atom stereocenters. The van der Waals surface area contributed by atoms with E-state index in [2.05, 4.69) is 10.1 Å². The maximum atomic E-state index is 12.1. The second-order valence-corrected chi connectivity index (χ2v) is 6.61. The number of thioether (sulfide) groups is 1. The van der Waals surface area contributed by atoms with E-state index < -0.39 is 5.97 Å². The lowest BCUT2D eigenvalue weighted by Crippen LogP contribution is -2.29. The van der Waals surface area contributed by atoms with Crippen molar-refractivity contribution in [2.24, 2.45) is 0 Å². The number of carboxylic acids is 1. The third kappa shape index (κ3) is 4.22. The fourth-order valence-corrected chi connectivity index (χ4v) is 2.10. The molecule has 8 heteroatoms. The first-order chi connectivity index (χ1) is 9.12. The van der Waals surface area contributed by atoms with Crippen molar-refractivity contribution >= 4 is 23.8 Å². The number of carboxylic acid groups (broad SMARTS) is 1. The SMILES string of the molecule is CN(C)C(=O)n1nc(C(C)(C)C)nc1SCCC(=O)O. The molecule has 0 aliphatic heterocycles. The summed E-state index contributed by atoms with van der Waals surface area (Å²) in [4.78, 5) is 28.4. The minimum absolute atomic E-state index is 0.0124. The van der Waals surface area contributed by atoms with E-state index >= 15 is 0 Å². The fraction of sp³-hybridized carbons (Fsp3) is 0.667. The van der Waals surface area contributed by atoms with Crippen molar-refractivity contribution in [2.45, 2.75) is 37.8 Å². The molecule has 0 saturated heterocycles. The predicted octanol–water partition coefficient (Wildman–Crippen LogP) is 1.67. The first-order valence-electron chi connectivity index (χ1n) is 6.16. The lowest BCUT2D eigenvalue weighted by atomic mass is 9.96. The van der Waals surface area contributed by atoms with Crippen molar-refractivity contribution in [2.75, 3.05) is 19.8 Å². The molecule has 0 spiro atoms. The van der Waals surface area contributed by atoms with Crippen LogP contribution >= 0.6 is 11.8 Å². The van der Waals surface area contributed by atoms with Gasteiger partial charge in [-0.25, -0.2) is 9.78 Å². The molecule has 0 atom stereocenters. The Balaban J connectivity index is 3.03. The largest absolute Gasteiger partial charge is 0.481 e. The predicted molar refractivity (Wildman–Crippen MR) is 76.2 cm³/mol. The Morgan fingerprint density at radius 3 is 2.40 bits per heavy atom.